The third kappa shape index (κ3) is 6.25. The fourth-order valence-electron chi connectivity index (χ4n) is 4.48. The van der Waals surface area contributed by atoms with Crippen molar-refractivity contribution >= 4 is 47.1 Å². The van der Waals surface area contributed by atoms with Crippen molar-refractivity contribution in [3.63, 3.8) is 0 Å². The second kappa shape index (κ2) is 12.6. The number of amides is 1. The molecule has 1 aliphatic rings. The predicted molar refractivity (Wildman–Crippen MR) is 153 cm³/mol. The van der Waals surface area contributed by atoms with E-state index in [0.717, 1.165) is 32.7 Å². The van der Waals surface area contributed by atoms with Gasteiger partial charge in [0.1, 0.15) is 0 Å². The number of carbonyl (C=O) groups is 1. The zero-order valence-corrected chi connectivity index (χ0v) is 23.2. The lowest BCUT2D eigenvalue weighted by Gasteiger charge is -2.29. The minimum absolute atomic E-state index is 0. The SMILES string of the molecule is COc1ccc(-c2cnc3c(Nc4ccc(C(=O)N(C)CCN5CCNCC5)c(Cl)c4)nccn23)cc1F.Cl. The van der Waals surface area contributed by atoms with Crippen LogP contribution >= 0.6 is 24.0 Å². The third-order valence-corrected chi connectivity index (χ3v) is 6.96. The van der Waals surface area contributed by atoms with E-state index >= 15 is 0 Å². The van der Waals surface area contributed by atoms with E-state index in [1.54, 1.807) is 60.9 Å². The van der Waals surface area contributed by atoms with Crippen LogP contribution in [0, 0.1) is 5.82 Å². The van der Waals surface area contributed by atoms with Crippen LogP contribution in [0.2, 0.25) is 5.02 Å². The molecule has 2 aromatic carbocycles. The number of nitrogens with one attached hydrogen (secondary N) is 2. The molecule has 0 spiro atoms. The number of anilines is 2. The van der Waals surface area contributed by atoms with E-state index in [-0.39, 0.29) is 24.1 Å². The summed E-state index contributed by atoms with van der Waals surface area (Å²) in [5.41, 5.74) is 3.02. The molecule has 1 amide bonds. The minimum atomic E-state index is -0.453. The molecular weight excluding hydrogens is 544 g/mol. The average Bonchev–Trinajstić information content (AvgIpc) is 3.37. The maximum Gasteiger partial charge on any atom is 0.255 e. The number of hydrogen-bond donors (Lipinski definition) is 2. The zero-order valence-electron chi connectivity index (χ0n) is 21.7. The normalized spacial score (nSPS) is 13.6. The number of methoxy groups -OCH3 is 1. The highest BCUT2D eigenvalue weighted by atomic mass is 35.5. The predicted octanol–water partition coefficient (Wildman–Crippen LogP) is 4.34. The minimum Gasteiger partial charge on any atom is -0.494 e. The lowest BCUT2D eigenvalue weighted by molar-refractivity contribution is 0.0775. The number of rotatable bonds is 8. The first kappa shape index (κ1) is 28.6. The molecule has 0 radical (unpaired) electrons. The molecule has 0 unspecified atom stereocenters. The van der Waals surface area contributed by atoms with Crippen molar-refractivity contribution in [2.45, 2.75) is 0 Å². The van der Waals surface area contributed by atoms with Gasteiger partial charge in [0.15, 0.2) is 23.0 Å². The van der Waals surface area contributed by atoms with Gasteiger partial charge in [-0.3, -0.25) is 14.1 Å². The fourth-order valence-corrected chi connectivity index (χ4v) is 4.74. The standard InChI is InChI=1S/C27H29ClFN7O2.ClH/c1-34(13-14-35-10-7-30-8-11-35)27(37)20-5-4-19(16-21(20)28)33-25-26-32-17-23(36(26)12-9-31-25)18-3-6-24(38-2)22(29)15-18;/h3-6,9,12,15-17,30H,7-8,10-11,13-14H2,1-2H3,(H,31,33);1H. The van der Waals surface area contributed by atoms with E-state index in [4.69, 9.17) is 16.3 Å². The van der Waals surface area contributed by atoms with Crippen LogP contribution in [-0.2, 0) is 0 Å². The molecular formula is C27H30Cl2FN7O2. The van der Waals surface area contributed by atoms with Crippen molar-refractivity contribution in [2.24, 2.45) is 0 Å². The van der Waals surface area contributed by atoms with Gasteiger partial charge in [-0.05, 0) is 36.4 Å². The molecule has 2 N–H and O–H groups in total. The lowest BCUT2D eigenvalue weighted by atomic mass is 10.1. The van der Waals surface area contributed by atoms with Crippen LogP contribution in [-0.4, -0.2) is 83.5 Å². The largest absolute Gasteiger partial charge is 0.494 e. The summed E-state index contributed by atoms with van der Waals surface area (Å²) in [7, 11) is 3.22. The van der Waals surface area contributed by atoms with E-state index in [0.29, 0.717) is 45.5 Å². The van der Waals surface area contributed by atoms with E-state index in [1.807, 2.05) is 4.40 Å². The van der Waals surface area contributed by atoms with Gasteiger partial charge in [-0.15, -0.1) is 12.4 Å². The molecule has 1 aliphatic heterocycles. The van der Waals surface area contributed by atoms with Crippen LogP contribution < -0.4 is 15.4 Å². The molecule has 206 valence electrons. The highest BCUT2D eigenvalue weighted by Crippen LogP contribution is 2.29. The summed E-state index contributed by atoms with van der Waals surface area (Å²) in [4.78, 5) is 26.0. The van der Waals surface area contributed by atoms with Crippen molar-refractivity contribution in [3.8, 4) is 17.0 Å². The molecule has 3 heterocycles. The monoisotopic (exact) mass is 573 g/mol. The topological polar surface area (TPSA) is 87.0 Å². The summed E-state index contributed by atoms with van der Waals surface area (Å²) in [5.74, 6) is 0.0970. The number of carbonyl (C=O) groups excluding carboxylic acids is 1. The number of fused-ring (bicyclic) bond motifs is 1. The van der Waals surface area contributed by atoms with E-state index in [1.165, 1.54) is 13.2 Å². The first-order valence-corrected chi connectivity index (χ1v) is 12.7. The molecule has 0 saturated carbocycles. The Morgan fingerprint density at radius 2 is 2.00 bits per heavy atom. The van der Waals surface area contributed by atoms with E-state index in [2.05, 4.69) is 25.5 Å². The zero-order chi connectivity index (χ0) is 26.6. The number of ether oxygens (including phenoxy) is 1. The van der Waals surface area contributed by atoms with Crippen LogP contribution in [0.5, 0.6) is 5.75 Å². The summed E-state index contributed by atoms with van der Waals surface area (Å²) in [6, 6.07) is 9.97. The lowest BCUT2D eigenvalue weighted by Crippen LogP contribution is -2.46. The smallest absolute Gasteiger partial charge is 0.255 e. The molecule has 0 bridgehead atoms. The third-order valence-electron chi connectivity index (χ3n) is 6.65. The number of nitrogens with zero attached hydrogens (tertiary/aromatic N) is 5. The summed E-state index contributed by atoms with van der Waals surface area (Å²) < 4.78 is 21.1. The van der Waals surface area contributed by atoms with Crippen molar-refractivity contribution in [3.05, 3.63) is 71.4 Å². The van der Waals surface area contributed by atoms with Crippen LogP contribution in [0.1, 0.15) is 10.4 Å². The van der Waals surface area contributed by atoms with Gasteiger partial charge in [0.2, 0.25) is 0 Å². The van der Waals surface area contributed by atoms with Gasteiger partial charge in [0.05, 0.1) is 29.6 Å². The second-order valence-corrected chi connectivity index (χ2v) is 9.51. The van der Waals surface area contributed by atoms with Crippen molar-refractivity contribution in [1.29, 1.82) is 0 Å². The Morgan fingerprint density at radius 3 is 2.72 bits per heavy atom. The van der Waals surface area contributed by atoms with Gasteiger partial charge in [-0.2, -0.15) is 0 Å². The average molecular weight is 574 g/mol. The number of benzene rings is 2. The summed E-state index contributed by atoms with van der Waals surface area (Å²) in [6.07, 6.45) is 5.05. The molecule has 0 aliphatic carbocycles. The highest BCUT2D eigenvalue weighted by Gasteiger charge is 2.18. The summed E-state index contributed by atoms with van der Waals surface area (Å²) in [6.45, 7) is 5.37. The highest BCUT2D eigenvalue weighted by molar-refractivity contribution is 6.34. The Labute approximate surface area is 237 Å². The fraction of sp³-hybridized carbons (Fsp3) is 0.296. The van der Waals surface area contributed by atoms with E-state index in [9.17, 15) is 9.18 Å². The Hall–Kier alpha value is -3.44. The molecule has 39 heavy (non-hydrogen) atoms. The number of likely N-dealkylation sites (N-methyl/N-ethyl adjacent to an activating group) is 1. The molecule has 5 rings (SSSR count). The quantitative estimate of drug-likeness (QED) is 0.324. The van der Waals surface area contributed by atoms with Gasteiger partial charge in [0.25, 0.3) is 5.91 Å². The van der Waals surface area contributed by atoms with Crippen molar-refractivity contribution < 1.29 is 13.9 Å². The molecule has 0 atom stereocenters. The Bertz CT molecular complexity index is 1460. The summed E-state index contributed by atoms with van der Waals surface area (Å²) >= 11 is 6.53. The molecule has 4 aromatic rings. The number of halogens is 3. The molecule has 1 saturated heterocycles. The number of imidazole rings is 1. The van der Waals surface area contributed by atoms with Gasteiger partial charge >= 0.3 is 0 Å². The Morgan fingerprint density at radius 1 is 1.21 bits per heavy atom. The van der Waals surface area contributed by atoms with Gasteiger partial charge < -0.3 is 20.3 Å². The first-order valence-electron chi connectivity index (χ1n) is 12.4. The Kier molecular flexibility index (Phi) is 9.24. The first-order chi connectivity index (χ1) is 18.4. The van der Waals surface area contributed by atoms with Gasteiger partial charge in [-0.1, -0.05) is 11.6 Å². The van der Waals surface area contributed by atoms with E-state index < -0.39 is 5.82 Å². The Balaban J connectivity index is 0.00000353. The molecule has 2 aromatic heterocycles. The van der Waals surface area contributed by atoms with Crippen molar-refractivity contribution in [1.82, 2.24) is 29.5 Å². The maximum atomic E-state index is 14.3. The second-order valence-electron chi connectivity index (χ2n) is 9.10. The van der Waals surface area contributed by atoms with Crippen LogP contribution in [0.15, 0.2) is 55.0 Å². The van der Waals surface area contributed by atoms with Gasteiger partial charge in [-0.25, -0.2) is 14.4 Å². The van der Waals surface area contributed by atoms with Crippen molar-refractivity contribution in [2.75, 3.05) is 58.7 Å². The summed E-state index contributed by atoms with van der Waals surface area (Å²) in [5, 5.41) is 6.91. The molecule has 1 fully saturated rings. The van der Waals surface area contributed by atoms with Gasteiger partial charge in [0, 0.05) is 70.0 Å². The number of piperazine rings is 1. The van der Waals surface area contributed by atoms with Crippen LogP contribution in [0.3, 0.4) is 0 Å². The molecule has 9 nitrogen and oxygen atoms in total. The van der Waals surface area contributed by atoms with Crippen LogP contribution in [0.25, 0.3) is 16.9 Å². The number of hydrogen-bond acceptors (Lipinski definition) is 7. The van der Waals surface area contributed by atoms with Crippen LogP contribution in [0.4, 0.5) is 15.9 Å². The number of aromatic nitrogens is 3. The maximum absolute atomic E-state index is 14.3. The molecule has 12 heteroatoms.